The Labute approximate surface area is 202 Å². The lowest BCUT2D eigenvalue weighted by atomic mass is 10.1. The molecule has 0 radical (unpaired) electrons. The third-order valence-corrected chi connectivity index (χ3v) is 5.67. The zero-order valence-corrected chi connectivity index (χ0v) is 21.0. The van der Waals surface area contributed by atoms with E-state index in [1.54, 1.807) is 7.11 Å². The number of anilines is 1. The second-order valence-corrected chi connectivity index (χ2v) is 8.11. The van der Waals surface area contributed by atoms with Crippen LogP contribution in [0.5, 0.6) is 0 Å². The number of hydrogen-bond acceptors (Lipinski definition) is 8. The number of carbonyl (C=O) groups is 2. The van der Waals surface area contributed by atoms with Gasteiger partial charge in [0.25, 0.3) is 0 Å². The summed E-state index contributed by atoms with van der Waals surface area (Å²) in [6, 6.07) is 15.1. The van der Waals surface area contributed by atoms with E-state index in [-0.39, 0.29) is 0 Å². The monoisotopic (exact) mass is 523 g/mol. The van der Waals surface area contributed by atoms with Crippen molar-refractivity contribution in [3.05, 3.63) is 64.1 Å². The molecule has 2 atom stereocenters. The Bertz CT molecular complexity index is 917. The molecule has 2 unspecified atom stereocenters. The largest absolute Gasteiger partial charge is 0.467 e. The van der Waals surface area contributed by atoms with Gasteiger partial charge in [0.1, 0.15) is 0 Å². The highest BCUT2D eigenvalue weighted by atomic mass is 79.9. The van der Waals surface area contributed by atoms with Crippen LogP contribution in [0.1, 0.15) is 23.3 Å². The summed E-state index contributed by atoms with van der Waals surface area (Å²) < 4.78 is 25.8. The fourth-order valence-corrected chi connectivity index (χ4v) is 3.72. The molecule has 0 N–H and O–H groups in total. The average molecular weight is 524 g/mol. The van der Waals surface area contributed by atoms with Crippen LogP contribution in [0.3, 0.4) is 0 Å². The van der Waals surface area contributed by atoms with Crippen molar-refractivity contribution in [1.29, 1.82) is 0 Å². The van der Waals surface area contributed by atoms with Gasteiger partial charge in [-0.25, -0.2) is 9.59 Å². The van der Waals surface area contributed by atoms with Crippen LogP contribution < -0.4 is 4.90 Å². The van der Waals surface area contributed by atoms with Gasteiger partial charge in [0, 0.05) is 44.6 Å². The van der Waals surface area contributed by atoms with E-state index < -0.39 is 24.1 Å². The maximum atomic E-state index is 11.6. The van der Waals surface area contributed by atoms with Crippen LogP contribution in [0.4, 0.5) is 5.69 Å². The van der Waals surface area contributed by atoms with Crippen LogP contribution in [0, 0.1) is 0 Å². The molecule has 0 spiro atoms. The van der Waals surface area contributed by atoms with Crippen LogP contribution in [-0.4, -0.2) is 66.7 Å². The van der Waals surface area contributed by atoms with Crippen LogP contribution in [-0.2, 0) is 33.3 Å². The molecule has 2 aromatic carbocycles. The number of methoxy groups -OCH3 is 5. The third-order valence-electron chi connectivity index (χ3n) is 5.17. The molecule has 33 heavy (non-hydrogen) atoms. The number of nitrogens with zero attached hydrogens (tertiary/aromatic N) is 1. The SMILES string of the molecule is COC(=O)C(OC)c1cccc(Br)c1.COC(=O)C(OC)c1cccc(N2CC(OC)C2)c1. The molecular formula is C24H30BrNO7. The Morgan fingerprint density at radius 1 is 0.848 bits per heavy atom. The molecular weight excluding hydrogens is 494 g/mol. The Morgan fingerprint density at radius 3 is 1.82 bits per heavy atom. The Hall–Kier alpha value is -2.46. The topological polar surface area (TPSA) is 83.5 Å². The minimum absolute atomic E-state index is 0.294. The van der Waals surface area contributed by atoms with Gasteiger partial charge in [0.05, 0.1) is 20.3 Å². The van der Waals surface area contributed by atoms with Gasteiger partial charge in [-0.05, 0) is 35.4 Å². The number of carbonyl (C=O) groups excluding carboxylic acids is 2. The van der Waals surface area contributed by atoms with Crippen molar-refractivity contribution < 1.29 is 33.3 Å². The van der Waals surface area contributed by atoms with Crippen LogP contribution in [0.25, 0.3) is 0 Å². The van der Waals surface area contributed by atoms with Gasteiger partial charge in [-0.2, -0.15) is 0 Å². The number of ether oxygens (including phenoxy) is 5. The molecule has 0 bridgehead atoms. The van der Waals surface area contributed by atoms with E-state index in [1.807, 2.05) is 48.5 Å². The molecule has 2 aromatic rings. The van der Waals surface area contributed by atoms with Gasteiger partial charge >= 0.3 is 11.9 Å². The van der Waals surface area contributed by atoms with Crippen molar-refractivity contribution in [2.24, 2.45) is 0 Å². The number of halogens is 1. The lowest BCUT2D eigenvalue weighted by Crippen LogP contribution is -2.51. The fourth-order valence-electron chi connectivity index (χ4n) is 3.30. The summed E-state index contributed by atoms with van der Waals surface area (Å²) in [4.78, 5) is 25.1. The number of rotatable bonds is 8. The van der Waals surface area contributed by atoms with Crippen LogP contribution >= 0.6 is 15.9 Å². The first-order chi connectivity index (χ1) is 15.9. The van der Waals surface area contributed by atoms with E-state index in [4.69, 9.17) is 18.9 Å². The molecule has 0 amide bonds. The first-order valence-electron chi connectivity index (χ1n) is 10.2. The molecule has 1 heterocycles. The van der Waals surface area contributed by atoms with Gasteiger partial charge in [-0.15, -0.1) is 0 Å². The molecule has 1 aliphatic heterocycles. The van der Waals surface area contributed by atoms with Gasteiger partial charge in [0.2, 0.25) is 0 Å². The van der Waals surface area contributed by atoms with Crippen molar-refractivity contribution in [2.75, 3.05) is 53.5 Å². The summed E-state index contributed by atoms with van der Waals surface area (Å²) in [6.07, 6.45) is -1.04. The minimum atomic E-state index is -0.676. The summed E-state index contributed by atoms with van der Waals surface area (Å²) in [5.74, 6) is -0.788. The molecule has 0 saturated carbocycles. The van der Waals surface area contributed by atoms with E-state index in [0.717, 1.165) is 34.4 Å². The van der Waals surface area contributed by atoms with Gasteiger partial charge < -0.3 is 28.6 Å². The van der Waals surface area contributed by atoms with Gasteiger partial charge in [-0.3, -0.25) is 0 Å². The first kappa shape index (κ1) is 26.8. The summed E-state index contributed by atoms with van der Waals surface area (Å²) in [5, 5.41) is 0. The molecule has 3 rings (SSSR count). The van der Waals surface area contributed by atoms with Crippen molar-refractivity contribution in [3.63, 3.8) is 0 Å². The summed E-state index contributed by atoms with van der Waals surface area (Å²) in [7, 11) is 7.39. The second-order valence-electron chi connectivity index (χ2n) is 7.19. The molecule has 8 nitrogen and oxygen atoms in total. The summed E-state index contributed by atoms with van der Waals surface area (Å²) in [5.41, 5.74) is 2.64. The summed E-state index contributed by atoms with van der Waals surface area (Å²) >= 11 is 3.32. The molecule has 9 heteroatoms. The second kappa shape index (κ2) is 13.3. The molecule has 1 aliphatic rings. The average Bonchev–Trinajstić information content (AvgIpc) is 2.80. The van der Waals surface area contributed by atoms with E-state index in [9.17, 15) is 9.59 Å². The van der Waals surface area contributed by atoms with Gasteiger partial charge in [0.15, 0.2) is 12.2 Å². The Kier molecular flexibility index (Phi) is 10.8. The quantitative estimate of drug-likeness (QED) is 0.484. The van der Waals surface area contributed by atoms with Crippen molar-refractivity contribution in [3.8, 4) is 0 Å². The predicted molar refractivity (Wildman–Crippen MR) is 127 cm³/mol. The minimum Gasteiger partial charge on any atom is -0.467 e. The highest BCUT2D eigenvalue weighted by Crippen LogP contribution is 2.27. The highest BCUT2D eigenvalue weighted by molar-refractivity contribution is 9.10. The number of benzene rings is 2. The van der Waals surface area contributed by atoms with E-state index >= 15 is 0 Å². The smallest absolute Gasteiger partial charge is 0.339 e. The molecule has 0 aliphatic carbocycles. The van der Waals surface area contributed by atoms with Crippen molar-refractivity contribution in [1.82, 2.24) is 0 Å². The van der Waals surface area contributed by atoms with Crippen molar-refractivity contribution in [2.45, 2.75) is 18.3 Å². The van der Waals surface area contributed by atoms with Gasteiger partial charge in [-0.1, -0.05) is 40.2 Å². The van der Waals surface area contributed by atoms with E-state index in [2.05, 4.69) is 25.6 Å². The normalized spacial score (nSPS) is 14.9. The van der Waals surface area contributed by atoms with E-state index in [0.29, 0.717) is 6.10 Å². The zero-order chi connectivity index (χ0) is 24.4. The Balaban J connectivity index is 0.000000245. The highest BCUT2D eigenvalue weighted by Gasteiger charge is 2.28. The molecule has 180 valence electrons. The zero-order valence-electron chi connectivity index (χ0n) is 19.4. The Morgan fingerprint density at radius 2 is 1.36 bits per heavy atom. The maximum Gasteiger partial charge on any atom is 0.339 e. The standard InChI is InChI=1S/C14H19NO4.C10H11BrO3/c1-17-12-8-15(9-12)11-6-4-5-10(7-11)13(18-2)14(16)19-3;1-13-9(10(12)14-2)7-4-3-5-8(11)6-7/h4-7,12-13H,8-9H2,1-3H3;3-6,9H,1-2H3. The number of esters is 2. The van der Waals surface area contributed by atoms with Crippen LogP contribution in [0.15, 0.2) is 53.0 Å². The first-order valence-corrected chi connectivity index (χ1v) is 11.0. The molecule has 1 fully saturated rings. The maximum absolute atomic E-state index is 11.6. The molecule has 0 aromatic heterocycles. The lowest BCUT2D eigenvalue weighted by Gasteiger charge is -2.40. The lowest BCUT2D eigenvalue weighted by molar-refractivity contribution is -0.153. The summed E-state index contributed by atoms with van der Waals surface area (Å²) in [6.45, 7) is 1.74. The third kappa shape index (κ3) is 7.26. The van der Waals surface area contributed by atoms with Crippen molar-refractivity contribution >= 4 is 33.6 Å². The number of hydrogen-bond donors (Lipinski definition) is 0. The fraction of sp³-hybridized carbons (Fsp3) is 0.417. The van der Waals surface area contributed by atoms with E-state index in [1.165, 1.54) is 28.4 Å². The molecule has 1 saturated heterocycles. The predicted octanol–water partition coefficient (Wildman–Crippen LogP) is 3.69. The van der Waals surface area contributed by atoms with Crippen LogP contribution in [0.2, 0.25) is 0 Å².